The van der Waals surface area contributed by atoms with E-state index in [4.69, 9.17) is 4.74 Å². The smallest absolute Gasteiger partial charge is 0.119 e. The molecule has 0 unspecified atom stereocenters. The van der Waals surface area contributed by atoms with Gasteiger partial charge in [-0.3, -0.25) is 0 Å². The minimum absolute atomic E-state index is 0.112. The van der Waals surface area contributed by atoms with Crippen molar-refractivity contribution in [1.82, 2.24) is 0 Å². The molecule has 0 amide bonds. The second kappa shape index (κ2) is 7.70. The number of ether oxygens (including phenoxy) is 1. The molecular formula is C18H23NO2. The van der Waals surface area contributed by atoms with E-state index in [1.54, 1.807) is 7.11 Å². The molecular weight excluding hydrogens is 262 g/mol. The first kappa shape index (κ1) is 15.4. The van der Waals surface area contributed by atoms with Gasteiger partial charge in [0.15, 0.2) is 0 Å². The normalized spacial score (nSPS) is 13.5. The van der Waals surface area contributed by atoms with Crippen LogP contribution in [0.3, 0.4) is 0 Å². The summed E-state index contributed by atoms with van der Waals surface area (Å²) in [7, 11) is 1.65. The highest BCUT2D eigenvalue weighted by molar-refractivity contribution is 5.48. The first-order valence-corrected chi connectivity index (χ1v) is 7.38. The summed E-state index contributed by atoms with van der Waals surface area (Å²) in [5.41, 5.74) is 2.06. The Bertz CT molecular complexity index is 525. The molecule has 0 saturated carbocycles. The Balaban J connectivity index is 2.18. The van der Waals surface area contributed by atoms with Crippen LogP contribution in [0.2, 0.25) is 0 Å². The Morgan fingerprint density at radius 2 is 1.71 bits per heavy atom. The molecule has 2 aromatic carbocycles. The van der Waals surface area contributed by atoms with Crippen LogP contribution < -0.4 is 10.1 Å². The predicted molar refractivity (Wildman–Crippen MR) is 86.7 cm³/mol. The van der Waals surface area contributed by atoms with E-state index in [-0.39, 0.29) is 6.04 Å². The van der Waals surface area contributed by atoms with E-state index in [1.165, 1.54) is 0 Å². The molecule has 21 heavy (non-hydrogen) atoms. The van der Waals surface area contributed by atoms with Crippen molar-refractivity contribution in [3.8, 4) is 5.75 Å². The Kier molecular flexibility index (Phi) is 5.64. The zero-order valence-electron chi connectivity index (χ0n) is 12.6. The maximum atomic E-state index is 10.4. The number of hydrogen-bond acceptors (Lipinski definition) is 3. The van der Waals surface area contributed by atoms with Crippen LogP contribution in [0.15, 0.2) is 54.6 Å². The van der Waals surface area contributed by atoms with E-state index in [9.17, 15) is 5.11 Å². The maximum Gasteiger partial charge on any atom is 0.119 e. The Morgan fingerprint density at radius 1 is 1.05 bits per heavy atom. The molecule has 0 heterocycles. The Morgan fingerprint density at radius 3 is 2.29 bits per heavy atom. The highest BCUT2D eigenvalue weighted by Gasteiger charge is 2.20. The molecule has 3 nitrogen and oxygen atoms in total. The highest BCUT2D eigenvalue weighted by atomic mass is 16.5. The maximum absolute atomic E-state index is 10.4. The molecule has 0 radical (unpaired) electrons. The van der Waals surface area contributed by atoms with Gasteiger partial charge in [0.2, 0.25) is 0 Å². The highest BCUT2D eigenvalue weighted by Crippen LogP contribution is 2.26. The molecule has 0 aliphatic heterocycles. The van der Waals surface area contributed by atoms with E-state index >= 15 is 0 Å². The van der Waals surface area contributed by atoms with Crippen LogP contribution >= 0.6 is 0 Å². The average molecular weight is 285 g/mol. The summed E-state index contributed by atoms with van der Waals surface area (Å²) in [5, 5.41) is 13.9. The Hall–Kier alpha value is -2.00. The predicted octanol–water partition coefficient (Wildman–Crippen LogP) is 4.01. The molecule has 2 atom stereocenters. The number of nitrogens with one attached hydrogen (secondary N) is 1. The summed E-state index contributed by atoms with van der Waals surface area (Å²) < 4.78 is 5.17. The lowest BCUT2D eigenvalue weighted by molar-refractivity contribution is 0.142. The first-order valence-electron chi connectivity index (χ1n) is 7.38. The number of methoxy groups -OCH3 is 1. The van der Waals surface area contributed by atoms with Crippen molar-refractivity contribution in [2.24, 2.45) is 0 Å². The molecule has 2 aromatic rings. The minimum Gasteiger partial charge on any atom is -0.497 e. The summed E-state index contributed by atoms with van der Waals surface area (Å²) in [4.78, 5) is 0. The van der Waals surface area contributed by atoms with Crippen molar-refractivity contribution in [2.45, 2.75) is 31.9 Å². The lowest BCUT2D eigenvalue weighted by Gasteiger charge is -2.25. The molecule has 0 aliphatic carbocycles. The van der Waals surface area contributed by atoms with Gasteiger partial charge in [-0.25, -0.2) is 0 Å². The SMILES string of the molecule is CCC[C@H](O)[C@@H](Nc1ccc(OC)cc1)c1ccccc1. The van der Waals surface area contributed by atoms with Gasteiger partial charge in [-0.1, -0.05) is 43.7 Å². The van der Waals surface area contributed by atoms with Crippen LogP contribution in [0.5, 0.6) is 5.75 Å². The fourth-order valence-corrected chi connectivity index (χ4v) is 2.39. The molecule has 0 aromatic heterocycles. The number of rotatable bonds is 7. The van der Waals surface area contributed by atoms with Crippen molar-refractivity contribution < 1.29 is 9.84 Å². The van der Waals surface area contributed by atoms with Crippen molar-refractivity contribution in [3.63, 3.8) is 0 Å². The number of anilines is 1. The molecule has 112 valence electrons. The van der Waals surface area contributed by atoms with Gasteiger partial charge in [0, 0.05) is 5.69 Å². The number of benzene rings is 2. The minimum atomic E-state index is -0.417. The first-order chi connectivity index (χ1) is 10.2. The van der Waals surface area contributed by atoms with Crippen LogP contribution in [0.1, 0.15) is 31.4 Å². The van der Waals surface area contributed by atoms with E-state index in [0.717, 1.165) is 29.8 Å². The van der Waals surface area contributed by atoms with Crippen LogP contribution in [0.25, 0.3) is 0 Å². The third-order valence-electron chi connectivity index (χ3n) is 3.54. The third-order valence-corrected chi connectivity index (χ3v) is 3.54. The summed E-state index contributed by atoms with van der Waals surface area (Å²) in [5.74, 6) is 0.825. The van der Waals surface area contributed by atoms with Crippen LogP contribution in [-0.4, -0.2) is 18.3 Å². The molecule has 0 aliphatic rings. The molecule has 0 spiro atoms. The van der Waals surface area contributed by atoms with Crippen molar-refractivity contribution in [2.75, 3.05) is 12.4 Å². The molecule has 3 heteroatoms. The van der Waals surface area contributed by atoms with Gasteiger partial charge in [-0.05, 0) is 36.2 Å². The summed E-state index contributed by atoms with van der Waals surface area (Å²) >= 11 is 0. The van der Waals surface area contributed by atoms with Gasteiger partial charge in [-0.15, -0.1) is 0 Å². The van der Waals surface area contributed by atoms with Crippen LogP contribution in [0, 0.1) is 0 Å². The third kappa shape index (κ3) is 4.23. The van der Waals surface area contributed by atoms with E-state index in [1.807, 2.05) is 54.6 Å². The topological polar surface area (TPSA) is 41.5 Å². The molecule has 2 N–H and O–H groups in total. The lowest BCUT2D eigenvalue weighted by Crippen LogP contribution is -2.25. The van der Waals surface area contributed by atoms with Gasteiger partial charge in [0.25, 0.3) is 0 Å². The molecule has 0 saturated heterocycles. The molecule has 0 fully saturated rings. The summed E-state index contributed by atoms with van der Waals surface area (Å²) in [6, 6.07) is 17.7. The Labute approximate surface area is 126 Å². The fraction of sp³-hybridized carbons (Fsp3) is 0.333. The second-order valence-electron chi connectivity index (χ2n) is 5.12. The van der Waals surface area contributed by atoms with Crippen molar-refractivity contribution >= 4 is 5.69 Å². The van der Waals surface area contributed by atoms with Crippen LogP contribution in [0.4, 0.5) is 5.69 Å². The lowest BCUT2D eigenvalue weighted by atomic mass is 9.98. The van der Waals surface area contributed by atoms with E-state index in [0.29, 0.717) is 0 Å². The number of hydrogen-bond donors (Lipinski definition) is 2. The standard InChI is InChI=1S/C18H23NO2/c1-3-7-17(20)18(14-8-5-4-6-9-14)19-15-10-12-16(21-2)13-11-15/h4-6,8-13,17-20H,3,7H2,1-2H3/t17-,18-/m0/s1. The zero-order chi connectivity index (χ0) is 15.1. The zero-order valence-corrected chi connectivity index (χ0v) is 12.6. The quantitative estimate of drug-likeness (QED) is 0.807. The average Bonchev–Trinajstić information content (AvgIpc) is 2.54. The molecule has 2 rings (SSSR count). The summed E-state index contributed by atoms with van der Waals surface area (Å²) in [6.07, 6.45) is 1.30. The van der Waals surface area contributed by atoms with Crippen LogP contribution in [-0.2, 0) is 0 Å². The van der Waals surface area contributed by atoms with Crippen molar-refractivity contribution in [1.29, 1.82) is 0 Å². The monoisotopic (exact) mass is 285 g/mol. The fourth-order valence-electron chi connectivity index (χ4n) is 2.39. The summed E-state index contributed by atoms with van der Waals surface area (Å²) in [6.45, 7) is 2.08. The second-order valence-corrected chi connectivity index (χ2v) is 5.12. The largest absolute Gasteiger partial charge is 0.497 e. The van der Waals surface area contributed by atoms with E-state index in [2.05, 4.69) is 12.2 Å². The van der Waals surface area contributed by atoms with Gasteiger partial charge < -0.3 is 15.2 Å². The van der Waals surface area contributed by atoms with E-state index < -0.39 is 6.10 Å². The van der Waals surface area contributed by atoms with Crippen molar-refractivity contribution in [3.05, 3.63) is 60.2 Å². The number of aliphatic hydroxyl groups is 1. The molecule has 0 bridgehead atoms. The van der Waals surface area contributed by atoms with Gasteiger partial charge in [0.05, 0.1) is 19.3 Å². The van der Waals surface area contributed by atoms with Gasteiger partial charge in [0.1, 0.15) is 5.75 Å². The van der Waals surface area contributed by atoms with Gasteiger partial charge >= 0.3 is 0 Å². The number of aliphatic hydroxyl groups excluding tert-OH is 1. The van der Waals surface area contributed by atoms with Gasteiger partial charge in [-0.2, -0.15) is 0 Å².